The van der Waals surface area contributed by atoms with Crippen LogP contribution in [0.1, 0.15) is 12.6 Å². The van der Waals surface area contributed by atoms with Crippen molar-refractivity contribution in [3.63, 3.8) is 0 Å². The molecule has 1 fully saturated rings. The third kappa shape index (κ3) is 3.00. The number of nitriles is 1. The molecule has 2 rings (SSSR count). The van der Waals surface area contributed by atoms with E-state index >= 15 is 0 Å². The van der Waals surface area contributed by atoms with Crippen molar-refractivity contribution in [1.82, 2.24) is 14.3 Å². The van der Waals surface area contributed by atoms with Crippen LogP contribution in [-0.2, 0) is 10.0 Å². The largest absolute Gasteiger partial charge is 0.367 e. The molecule has 1 aromatic rings. The molecule has 102 valence electrons. The Morgan fingerprint density at radius 3 is 2.79 bits per heavy atom. The fraction of sp³-hybridized carbons (Fsp3) is 0.545. The number of sulfonamides is 1. The van der Waals surface area contributed by atoms with Gasteiger partial charge < -0.3 is 5.32 Å². The molecule has 0 atom stereocenters. The molecule has 1 saturated heterocycles. The number of aromatic nitrogens is 2. The summed E-state index contributed by atoms with van der Waals surface area (Å²) in [5, 5.41) is 11.9. The van der Waals surface area contributed by atoms with E-state index < -0.39 is 10.0 Å². The molecule has 1 N–H and O–H groups in total. The van der Waals surface area contributed by atoms with Gasteiger partial charge >= 0.3 is 0 Å². The van der Waals surface area contributed by atoms with Crippen LogP contribution in [0.5, 0.6) is 0 Å². The summed E-state index contributed by atoms with van der Waals surface area (Å²) >= 11 is 0. The van der Waals surface area contributed by atoms with Crippen LogP contribution in [0.3, 0.4) is 0 Å². The van der Waals surface area contributed by atoms with Crippen LogP contribution in [0.4, 0.5) is 5.82 Å². The van der Waals surface area contributed by atoms with Gasteiger partial charge in [0.15, 0.2) is 11.5 Å². The Morgan fingerprint density at radius 2 is 2.16 bits per heavy atom. The maximum atomic E-state index is 11.5. The highest BCUT2D eigenvalue weighted by Crippen LogP contribution is 2.20. The fourth-order valence-electron chi connectivity index (χ4n) is 1.85. The number of nitrogens with one attached hydrogen (secondary N) is 1. The molecule has 7 nitrogen and oxygen atoms in total. The molecule has 1 aliphatic heterocycles. The van der Waals surface area contributed by atoms with Crippen LogP contribution in [0.25, 0.3) is 0 Å². The molecule has 19 heavy (non-hydrogen) atoms. The second kappa shape index (κ2) is 5.50. The van der Waals surface area contributed by atoms with Gasteiger partial charge in [-0.1, -0.05) is 0 Å². The van der Waals surface area contributed by atoms with Crippen molar-refractivity contribution in [2.24, 2.45) is 5.92 Å². The Kier molecular flexibility index (Phi) is 3.97. The number of rotatable bonds is 5. The first-order chi connectivity index (χ1) is 9.06. The molecule has 1 aromatic heterocycles. The highest BCUT2D eigenvalue weighted by atomic mass is 32.2. The van der Waals surface area contributed by atoms with Crippen molar-refractivity contribution in [2.75, 3.05) is 30.7 Å². The minimum Gasteiger partial charge on any atom is -0.367 e. The van der Waals surface area contributed by atoms with Crippen LogP contribution in [0.2, 0.25) is 0 Å². The molecular weight excluding hydrogens is 266 g/mol. The molecule has 0 spiro atoms. The zero-order valence-electron chi connectivity index (χ0n) is 10.6. The van der Waals surface area contributed by atoms with Crippen molar-refractivity contribution < 1.29 is 8.42 Å². The quantitative estimate of drug-likeness (QED) is 0.818. The molecule has 0 aromatic carbocycles. The summed E-state index contributed by atoms with van der Waals surface area (Å²) in [6.45, 7) is 3.26. The predicted octanol–water partition coefficient (Wildman–Crippen LogP) is 0.0417. The van der Waals surface area contributed by atoms with E-state index in [1.807, 2.05) is 6.07 Å². The van der Waals surface area contributed by atoms with E-state index in [9.17, 15) is 8.42 Å². The third-order valence-corrected chi connectivity index (χ3v) is 4.86. The van der Waals surface area contributed by atoms with Crippen LogP contribution >= 0.6 is 0 Å². The minimum atomic E-state index is -3.06. The average molecular weight is 281 g/mol. The summed E-state index contributed by atoms with van der Waals surface area (Å²) < 4.78 is 24.6. The maximum absolute atomic E-state index is 11.5. The summed E-state index contributed by atoms with van der Waals surface area (Å²) in [6.07, 6.45) is 2.97. The van der Waals surface area contributed by atoms with Gasteiger partial charge in [-0.25, -0.2) is 22.7 Å². The standard InChI is InChI=1S/C11H15N5O2S/c1-2-19(17,18)16-7-9(8-16)6-15-11-10(5-12)13-3-4-14-11/h3-4,9H,2,6-8H2,1H3,(H,14,15). The van der Waals surface area contributed by atoms with Crippen molar-refractivity contribution in [2.45, 2.75) is 6.92 Å². The van der Waals surface area contributed by atoms with Gasteiger partial charge in [0.25, 0.3) is 0 Å². The second-order valence-electron chi connectivity index (χ2n) is 4.33. The molecule has 0 unspecified atom stereocenters. The Morgan fingerprint density at radius 1 is 1.47 bits per heavy atom. The molecule has 0 amide bonds. The van der Waals surface area contributed by atoms with Gasteiger partial charge in [0.1, 0.15) is 6.07 Å². The van der Waals surface area contributed by atoms with Crippen molar-refractivity contribution in [1.29, 1.82) is 5.26 Å². The van der Waals surface area contributed by atoms with E-state index in [1.54, 1.807) is 6.92 Å². The zero-order chi connectivity index (χ0) is 13.9. The summed E-state index contributed by atoms with van der Waals surface area (Å²) in [4.78, 5) is 7.93. The van der Waals surface area contributed by atoms with Gasteiger partial charge in [-0.3, -0.25) is 0 Å². The van der Waals surface area contributed by atoms with E-state index in [4.69, 9.17) is 5.26 Å². The molecule has 0 aliphatic carbocycles. The van der Waals surface area contributed by atoms with E-state index in [1.165, 1.54) is 16.7 Å². The molecule has 0 radical (unpaired) electrons. The number of anilines is 1. The molecule has 1 aliphatic rings. The van der Waals surface area contributed by atoms with Crippen LogP contribution in [0, 0.1) is 17.2 Å². The normalized spacial score (nSPS) is 16.6. The van der Waals surface area contributed by atoms with Gasteiger partial charge in [-0.05, 0) is 6.92 Å². The van der Waals surface area contributed by atoms with Gasteiger partial charge in [-0.2, -0.15) is 5.26 Å². The number of hydrogen-bond donors (Lipinski definition) is 1. The minimum absolute atomic E-state index is 0.135. The maximum Gasteiger partial charge on any atom is 0.213 e. The molecular formula is C11H15N5O2S. The highest BCUT2D eigenvalue weighted by Gasteiger charge is 2.34. The van der Waals surface area contributed by atoms with E-state index in [0.717, 1.165) is 0 Å². The van der Waals surface area contributed by atoms with Gasteiger partial charge in [0, 0.05) is 37.9 Å². The predicted molar refractivity (Wildman–Crippen MR) is 69.8 cm³/mol. The zero-order valence-corrected chi connectivity index (χ0v) is 11.4. The van der Waals surface area contributed by atoms with Gasteiger partial charge in [-0.15, -0.1) is 0 Å². The first kappa shape index (κ1) is 13.7. The molecule has 0 saturated carbocycles. The molecule has 8 heteroatoms. The average Bonchev–Trinajstić information content (AvgIpc) is 2.37. The SMILES string of the molecule is CCS(=O)(=O)N1CC(CNc2nccnc2C#N)C1. The molecule has 2 heterocycles. The number of hydrogen-bond acceptors (Lipinski definition) is 6. The lowest BCUT2D eigenvalue weighted by atomic mass is 10.0. The summed E-state index contributed by atoms with van der Waals surface area (Å²) in [5.74, 6) is 0.826. The Labute approximate surface area is 112 Å². The van der Waals surface area contributed by atoms with Crippen molar-refractivity contribution in [3.05, 3.63) is 18.1 Å². The summed E-state index contributed by atoms with van der Waals surface area (Å²) in [7, 11) is -3.06. The second-order valence-corrected chi connectivity index (χ2v) is 6.59. The first-order valence-electron chi connectivity index (χ1n) is 5.99. The fourth-order valence-corrected chi connectivity index (χ4v) is 3.09. The first-order valence-corrected chi connectivity index (χ1v) is 7.60. The van der Waals surface area contributed by atoms with Crippen LogP contribution in [-0.4, -0.2) is 48.1 Å². The third-order valence-electron chi connectivity index (χ3n) is 3.04. The molecule has 0 bridgehead atoms. The van der Waals surface area contributed by atoms with Crippen LogP contribution in [0.15, 0.2) is 12.4 Å². The summed E-state index contributed by atoms with van der Waals surface area (Å²) in [5.41, 5.74) is 0.250. The van der Waals surface area contributed by atoms with Gasteiger partial charge in [0.2, 0.25) is 10.0 Å². The topological polar surface area (TPSA) is 99.0 Å². The highest BCUT2D eigenvalue weighted by molar-refractivity contribution is 7.89. The van der Waals surface area contributed by atoms with Crippen LogP contribution < -0.4 is 5.32 Å². The Hall–Kier alpha value is -1.72. The van der Waals surface area contributed by atoms with E-state index in [0.29, 0.717) is 25.5 Å². The van der Waals surface area contributed by atoms with E-state index in [-0.39, 0.29) is 17.4 Å². The van der Waals surface area contributed by atoms with E-state index in [2.05, 4.69) is 15.3 Å². The smallest absolute Gasteiger partial charge is 0.213 e. The Bertz CT molecular complexity index is 589. The van der Waals surface area contributed by atoms with Crippen molar-refractivity contribution >= 4 is 15.8 Å². The summed E-state index contributed by atoms with van der Waals surface area (Å²) in [6, 6.07) is 1.96. The van der Waals surface area contributed by atoms with Gasteiger partial charge in [0.05, 0.1) is 5.75 Å². The number of nitrogens with zero attached hydrogens (tertiary/aromatic N) is 4. The van der Waals surface area contributed by atoms with Crippen molar-refractivity contribution in [3.8, 4) is 6.07 Å². The lowest BCUT2D eigenvalue weighted by Crippen LogP contribution is -2.52. The lowest BCUT2D eigenvalue weighted by molar-refractivity contribution is 0.212. The monoisotopic (exact) mass is 281 g/mol. The lowest BCUT2D eigenvalue weighted by Gasteiger charge is -2.37. The Balaban J connectivity index is 1.85.